The molecule has 4 rings (SSSR count). The van der Waals surface area contributed by atoms with Crippen LogP contribution in [0.15, 0.2) is 36.4 Å². The first-order valence-electron chi connectivity index (χ1n) is 12.3. The van der Waals surface area contributed by atoms with Crippen molar-refractivity contribution in [2.45, 2.75) is 78.0 Å². The maximum Gasteiger partial charge on any atom is 0.237 e. The molecule has 0 radical (unpaired) electrons. The lowest BCUT2D eigenvalue weighted by Gasteiger charge is -2.37. The zero-order valence-corrected chi connectivity index (χ0v) is 27.0. The standard InChI is InChI=1S/C27H32Cl2FN3O4.2CH4.3H2S/c1-26(2,3)12-20-27(17-8-7-14(28)11-19(17)32-25(27)37)21(16-5-4-6-18(29)22(16)30)23(33-20)24(36)31-10-9-15(35)13-34;;;;;/h4-8,11,15,20-21,23,33-35H,9-10,12-13H2,1-3H3,(H,31,36)(H,32,37);2*1H4;3*1H2/t15-,20+,21-,23+,27-;;;;;/m0...../s1. The highest BCUT2D eigenvalue weighted by molar-refractivity contribution is 7.59. The SMILES string of the molecule is C.C.CC(C)(C)C[C@H]1N[C@@H](C(=O)NCC[C@H](O)CO)[C@H](c2cccc(Cl)c2F)[C@@]12C(=O)Nc1cc(Cl)ccc12.S.S.S. The first-order chi connectivity index (χ1) is 17.4. The lowest BCUT2D eigenvalue weighted by atomic mass is 9.62. The van der Waals surface area contributed by atoms with Crippen molar-refractivity contribution in [2.24, 2.45) is 5.41 Å². The minimum atomic E-state index is -1.33. The Balaban J connectivity index is 0. The molecule has 2 aromatic rings. The Labute approximate surface area is 280 Å². The molecule has 2 heterocycles. The highest BCUT2D eigenvalue weighted by Gasteiger charge is 2.66. The summed E-state index contributed by atoms with van der Waals surface area (Å²) in [6, 6.07) is 8.18. The maximum atomic E-state index is 15.7. The first-order valence-corrected chi connectivity index (χ1v) is 13.0. The normalized spacial score (nSPS) is 22.7. The van der Waals surface area contributed by atoms with E-state index in [9.17, 15) is 14.7 Å². The van der Waals surface area contributed by atoms with Crippen molar-refractivity contribution >= 4 is 81.2 Å². The van der Waals surface area contributed by atoms with Crippen LogP contribution in [-0.2, 0) is 15.0 Å². The number of halogens is 3. The molecule has 42 heavy (non-hydrogen) atoms. The average molecular weight is 687 g/mol. The molecule has 2 aliphatic heterocycles. The molecule has 2 amide bonds. The van der Waals surface area contributed by atoms with Gasteiger partial charge in [0.15, 0.2) is 0 Å². The lowest BCUT2D eigenvalue weighted by molar-refractivity contribution is -0.124. The number of anilines is 1. The number of amides is 2. The topological polar surface area (TPSA) is 111 Å². The minimum absolute atomic E-state index is 0. The number of nitrogens with one attached hydrogen (secondary N) is 3. The van der Waals surface area contributed by atoms with E-state index < -0.39 is 47.9 Å². The molecular weight excluding hydrogens is 640 g/mol. The second-order valence-corrected chi connectivity index (χ2v) is 11.9. The molecule has 5 N–H and O–H groups in total. The predicted molar refractivity (Wildman–Crippen MR) is 186 cm³/mol. The molecule has 2 aromatic carbocycles. The Hall–Kier alpha value is -1.18. The van der Waals surface area contributed by atoms with E-state index in [-0.39, 0.29) is 90.2 Å². The average Bonchev–Trinajstić information content (AvgIpc) is 3.29. The molecule has 1 spiro atoms. The number of hydrogen-bond acceptors (Lipinski definition) is 5. The van der Waals surface area contributed by atoms with Crippen molar-refractivity contribution in [3.05, 3.63) is 63.4 Å². The molecular formula is C29H46Cl2FN3O4S3. The number of fused-ring (bicyclic) bond motifs is 2. The number of benzene rings is 2. The van der Waals surface area contributed by atoms with Crippen molar-refractivity contribution in [1.29, 1.82) is 0 Å². The number of carbonyl (C=O) groups excluding carboxylic acids is 2. The van der Waals surface area contributed by atoms with Gasteiger partial charge in [0.25, 0.3) is 0 Å². The Morgan fingerprint density at radius 1 is 1.14 bits per heavy atom. The molecule has 0 unspecified atom stereocenters. The fourth-order valence-corrected chi connectivity index (χ4v) is 6.07. The minimum Gasteiger partial charge on any atom is -0.394 e. The number of aliphatic hydroxyl groups is 2. The zero-order valence-electron chi connectivity index (χ0n) is 22.4. The van der Waals surface area contributed by atoms with Crippen LogP contribution in [0.2, 0.25) is 10.0 Å². The third-order valence-corrected chi connectivity index (χ3v) is 7.74. The summed E-state index contributed by atoms with van der Waals surface area (Å²) < 4.78 is 15.7. The van der Waals surface area contributed by atoms with Gasteiger partial charge in [-0.15, -0.1) is 0 Å². The molecule has 0 saturated carbocycles. The molecule has 2 aliphatic rings. The second kappa shape index (κ2) is 16.8. The van der Waals surface area contributed by atoms with Gasteiger partial charge in [-0.2, -0.15) is 40.5 Å². The molecule has 240 valence electrons. The van der Waals surface area contributed by atoms with E-state index >= 15 is 4.39 Å². The van der Waals surface area contributed by atoms with Gasteiger partial charge in [-0.25, -0.2) is 4.39 Å². The van der Waals surface area contributed by atoms with Gasteiger partial charge in [0, 0.05) is 29.2 Å². The van der Waals surface area contributed by atoms with Gasteiger partial charge in [-0.3, -0.25) is 9.59 Å². The van der Waals surface area contributed by atoms with Crippen LogP contribution in [0.1, 0.15) is 65.5 Å². The molecule has 1 fully saturated rings. The highest BCUT2D eigenvalue weighted by Crippen LogP contribution is 2.57. The van der Waals surface area contributed by atoms with Crippen molar-refractivity contribution < 1.29 is 24.2 Å². The predicted octanol–water partition coefficient (Wildman–Crippen LogP) is 5.35. The van der Waals surface area contributed by atoms with E-state index in [4.69, 9.17) is 28.3 Å². The van der Waals surface area contributed by atoms with Gasteiger partial charge in [0.05, 0.1) is 23.8 Å². The molecule has 0 aromatic heterocycles. The largest absolute Gasteiger partial charge is 0.394 e. The lowest BCUT2D eigenvalue weighted by Crippen LogP contribution is -2.49. The van der Waals surface area contributed by atoms with Gasteiger partial charge in [-0.05, 0) is 47.6 Å². The number of hydrogen-bond donors (Lipinski definition) is 5. The quantitative estimate of drug-likeness (QED) is 0.270. The van der Waals surface area contributed by atoms with Crippen LogP contribution < -0.4 is 16.0 Å². The smallest absolute Gasteiger partial charge is 0.237 e. The van der Waals surface area contributed by atoms with Crippen LogP contribution in [-0.4, -0.2) is 53.4 Å². The van der Waals surface area contributed by atoms with Crippen molar-refractivity contribution in [1.82, 2.24) is 10.6 Å². The summed E-state index contributed by atoms with van der Waals surface area (Å²) in [5.74, 6) is -2.42. The first kappa shape index (κ1) is 43.0. The summed E-state index contributed by atoms with van der Waals surface area (Å²) in [6.45, 7) is 5.78. The maximum absolute atomic E-state index is 15.7. The van der Waals surface area contributed by atoms with Crippen LogP contribution in [0.5, 0.6) is 0 Å². The highest BCUT2D eigenvalue weighted by atomic mass is 35.5. The van der Waals surface area contributed by atoms with Gasteiger partial charge in [0.1, 0.15) is 11.2 Å². The van der Waals surface area contributed by atoms with Gasteiger partial charge in [0.2, 0.25) is 11.8 Å². The van der Waals surface area contributed by atoms with Crippen LogP contribution in [0.25, 0.3) is 0 Å². The van der Waals surface area contributed by atoms with Crippen molar-refractivity contribution in [3.63, 3.8) is 0 Å². The Morgan fingerprint density at radius 2 is 1.79 bits per heavy atom. The fourth-order valence-electron chi connectivity index (χ4n) is 5.72. The van der Waals surface area contributed by atoms with Crippen molar-refractivity contribution in [3.8, 4) is 0 Å². The van der Waals surface area contributed by atoms with Crippen LogP contribution in [0.3, 0.4) is 0 Å². The summed E-state index contributed by atoms with van der Waals surface area (Å²) in [7, 11) is 0. The summed E-state index contributed by atoms with van der Waals surface area (Å²) in [5.41, 5.74) is -0.249. The number of carbonyl (C=O) groups is 2. The second-order valence-electron chi connectivity index (χ2n) is 11.0. The summed E-state index contributed by atoms with van der Waals surface area (Å²) in [6.07, 6.45) is -0.326. The van der Waals surface area contributed by atoms with Gasteiger partial charge < -0.3 is 26.2 Å². The third-order valence-electron chi connectivity index (χ3n) is 7.21. The molecule has 13 heteroatoms. The molecule has 0 bridgehead atoms. The monoisotopic (exact) mass is 685 g/mol. The van der Waals surface area contributed by atoms with E-state index in [1.807, 2.05) is 20.8 Å². The molecule has 5 atom stereocenters. The van der Waals surface area contributed by atoms with Crippen LogP contribution >= 0.6 is 63.7 Å². The van der Waals surface area contributed by atoms with E-state index in [1.165, 1.54) is 6.07 Å². The van der Waals surface area contributed by atoms with Gasteiger partial charge in [-0.1, -0.05) is 77.0 Å². The summed E-state index contributed by atoms with van der Waals surface area (Å²) >= 11 is 12.4. The fraction of sp³-hybridized carbons (Fsp3) is 0.517. The van der Waals surface area contributed by atoms with Crippen LogP contribution in [0, 0.1) is 11.2 Å². The van der Waals surface area contributed by atoms with Gasteiger partial charge >= 0.3 is 0 Å². The molecule has 1 saturated heterocycles. The Kier molecular flexibility index (Phi) is 17.1. The van der Waals surface area contributed by atoms with Crippen LogP contribution in [0.4, 0.5) is 10.1 Å². The van der Waals surface area contributed by atoms with E-state index in [1.54, 1.807) is 30.3 Å². The summed E-state index contributed by atoms with van der Waals surface area (Å²) in [4.78, 5) is 27.6. The zero-order chi connectivity index (χ0) is 27.1. The summed E-state index contributed by atoms with van der Waals surface area (Å²) in [5, 5.41) is 28.2. The number of aliphatic hydroxyl groups excluding tert-OH is 2. The van der Waals surface area contributed by atoms with E-state index in [2.05, 4.69) is 16.0 Å². The van der Waals surface area contributed by atoms with E-state index in [0.29, 0.717) is 22.7 Å². The Morgan fingerprint density at radius 3 is 2.38 bits per heavy atom. The van der Waals surface area contributed by atoms with E-state index in [0.717, 1.165) is 0 Å². The van der Waals surface area contributed by atoms with Crippen molar-refractivity contribution in [2.75, 3.05) is 18.5 Å². The molecule has 0 aliphatic carbocycles. The number of rotatable bonds is 7. The Bertz CT molecular complexity index is 1220. The molecule has 7 nitrogen and oxygen atoms in total. The third kappa shape index (κ3) is 8.10.